The van der Waals surface area contributed by atoms with Gasteiger partial charge in [-0.05, 0) is 44.5 Å². The largest absolute Gasteiger partial charge is 0.475 e. The van der Waals surface area contributed by atoms with Crippen molar-refractivity contribution in [2.45, 2.75) is 27.3 Å². The molecule has 0 saturated carbocycles. The van der Waals surface area contributed by atoms with Crippen LogP contribution in [-0.2, 0) is 6.54 Å². The zero-order valence-corrected chi connectivity index (χ0v) is 15.7. The Hall–Kier alpha value is -3.35. The molecule has 1 N–H and O–H groups in total. The fourth-order valence-corrected chi connectivity index (χ4v) is 3.00. The molecule has 0 spiro atoms. The molecule has 0 aliphatic heterocycles. The lowest BCUT2D eigenvalue weighted by Crippen LogP contribution is -2.26. The van der Waals surface area contributed by atoms with Gasteiger partial charge in [-0.25, -0.2) is 9.48 Å². The summed E-state index contributed by atoms with van der Waals surface area (Å²) in [6.07, 6.45) is 0. The predicted octanol–water partition coefficient (Wildman–Crippen LogP) is 3.36. The summed E-state index contributed by atoms with van der Waals surface area (Å²) in [6.45, 7) is 6.24. The molecule has 7 nitrogen and oxygen atoms in total. The number of amides is 1. The number of para-hydroxylation sites is 1. The van der Waals surface area contributed by atoms with Gasteiger partial charge < -0.3 is 14.4 Å². The van der Waals surface area contributed by atoms with Crippen LogP contribution in [0.2, 0.25) is 0 Å². The summed E-state index contributed by atoms with van der Waals surface area (Å²) < 4.78 is 6.99. The summed E-state index contributed by atoms with van der Waals surface area (Å²) in [5.74, 6) is -1.85. The van der Waals surface area contributed by atoms with E-state index in [1.165, 1.54) is 17.0 Å². The average molecular weight is 367 g/mol. The maximum absolute atomic E-state index is 12.6. The Morgan fingerprint density at radius 1 is 1.11 bits per heavy atom. The minimum Gasteiger partial charge on any atom is -0.475 e. The van der Waals surface area contributed by atoms with E-state index >= 15 is 0 Å². The number of aryl methyl sites for hydroxylation is 2. The van der Waals surface area contributed by atoms with Gasteiger partial charge in [0.25, 0.3) is 5.91 Å². The van der Waals surface area contributed by atoms with E-state index in [-0.39, 0.29) is 17.4 Å². The third-order valence-electron chi connectivity index (χ3n) is 4.55. The summed E-state index contributed by atoms with van der Waals surface area (Å²) in [5.41, 5.74) is 4.83. The predicted molar refractivity (Wildman–Crippen MR) is 99.2 cm³/mol. The Kier molecular flexibility index (Phi) is 4.85. The monoisotopic (exact) mass is 367 g/mol. The number of carbonyl (C=O) groups excluding carboxylic acids is 1. The van der Waals surface area contributed by atoms with Crippen molar-refractivity contribution >= 4 is 11.9 Å². The van der Waals surface area contributed by atoms with E-state index in [0.29, 0.717) is 6.54 Å². The van der Waals surface area contributed by atoms with E-state index in [9.17, 15) is 9.59 Å². The molecule has 2 heterocycles. The number of hydrogen-bond donors (Lipinski definition) is 1. The first-order valence-corrected chi connectivity index (χ1v) is 8.49. The fourth-order valence-electron chi connectivity index (χ4n) is 3.00. The molecule has 3 rings (SSSR count). The van der Waals surface area contributed by atoms with Crippen LogP contribution in [0.4, 0.5) is 0 Å². The standard InChI is InChI=1S/C20H21N3O4/c1-12-7-5-6-8-16(12)23-14(3)15(13(2)21-23)11-22(4)19(24)17-9-10-18(27-17)20(25)26/h5-10H,11H2,1-4H3,(H,25,26). The summed E-state index contributed by atoms with van der Waals surface area (Å²) in [6, 6.07) is 10.6. The quantitative estimate of drug-likeness (QED) is 0.747. The number of carboxylic acids is 1. The number of rotatable bonds is 5. The molecule has 1 aromatic carbocycles. The number of nitrogens with zero attached hydrogens (tertiary/aromatic N) is 3. The zero-order valence-electron chi connectivity index (χ0n) is 15.7. The Morgan fingerprint density at radius 2 is 1.78 bits per heavy atom. The van der Waals surface area contributed by atoms with Crippen molar-refractivity contribution in [1.29, 1.82) is 0 Å². The van der Waals surface area contributed by atoms with Gasteiger partial charge in [-0.15, -0.1) is 0 Å². The van der Waals surface area contributed by atoms with E-state index in [2.05, 4.69) is 5.10 Å². The van der Waals surface area contributed by atoms with Gasteiger partial charge >= 0.3 is 5.97 Å². The van der Waals surface area contributed by atoms with Gasteiger partial charge in [-0.3, -0.25) is 4.79 Å². The van der Waals surface area contributed by atoms with Gasteiger partial charge in [0.2, 0.25) is 5.76 Å². The molecule has 0 atom stereocenters. The highest BCUT2D eigenvalue weighted by atomic mass is 16.4. The van der Waals surface area contributed by atoms with Crippen LogP contribution in [0.15, 0.2) is 40.8 Å². The first-order chi connectivity index (χ1) is 12.8. The van der Waals surface area contributed by atoms with Gasteiger partial charge in [0.15, 0.2) is 5.76 Å². The number of aromatic carboxylic acids is 1. The number of carbonyl (C=O) groups is 2. The van der Waals surface area contributed by atoms with Crippen LogP contribution in [0.5, 0.6) is 0 Å². The van der Waals surface area contributed by atoms with E-state index < -0.39 is 5.97 Å². The average Bonchev–Trinajstić information content (AvgIpc) is 3.22. The van der Waals surface area contributed by atoms with Crippen molar-refractivity contribution in [3.05, 3.63) is 70.4 Å². The van der Waals surface area contributed by atoms with Crippen LogP contribution < -0.4 is 0 Å². The summed E-state index contributed by atoms with van der Waals surface area (Å²) in [5, 5.41) is 13.6. The Bertz CT molecular complexity index is 1020. The maximum atomic E-state index is 12.6. The Morgan fingerprint density at radius 3 is 2.41 bits per heavy atom. The first kappa shape index (κ1) is 18.4. The molecule has 27 heavy (non-hydrogen) atoms. The Balaban J connectivity index is 1.86. The van der Waals surface area contributed by atoms with Crippen molar-refractivity contribution in [3.8, 4) is 5.69 Å². The molecule has 7 heteroatoms. The van der Waals surface area contributed by atoms with Crippen LogP contribution >= 0.6 is 0 Å². The number of carboxylic acid groups (broad SMARTS) is 1. The number of benzene rings is 1. The molecule has 2 aromatic heterocycles. The highest BCUT2D eigenvalue weighted by molar-refractivity contribution is 5.93. The topological polar surface area (TPSA) is 88.6 Å². The molecular weight excluding hydrogens is 346 g/mol. The van der Waals surface area contributed by atoms with Crippen LogP contribution in [-0.4, -0.2) is 38.7 Å². The normalized spacial score (nSPS) is 10.8. The highest BCUT2D eigenvalue weighted by Gasteiger charge is 2.21. The molecule has 0 aliphatic carbocycles. The van der Waals surface area contributed by atoms with Gasteiger partial charge in [0, 0.05) is 24.8 Å². The third-order valence-corrected chi connectivity index (χ3v) is 4.55. The first-order valence-electron chi connectivity index (χ1n) is 8.49. The minimum absolute atomic E-state index is 0.00324. The van der Waals surface area contributed by atoms with Crippen LogP contribution in [0.25, 0.3) is 5.69 Å². The molecule has 1 amide bonds. The van der Waals surface area contributed by atoms with Crippen LogP contribution in [0, 0.1) is 20.8 Å². The SMILES string of the molecule is Cc1ccccc1-n1nc(C)c(CN(C)C(=O)c2ccc(C(=O)O)o2)c1C. The summed E-state index contributed by atoms with van der Waals surface area (Å²) in [4.78, 5) is 25.0. The molecule has 0 unspecified atom stereocenters. The lowest BCUT2D eigenvalue weighted by molar-refractivity contribution is 0.0653. The summed E-state index contributed by atoms with van der Waals surface area (Å²) in [7, 11) is 1.65. The van der Waals surface area contributed by atoms with Crippen molar-refractivity contribution in [1.82, 2.24) is 14.7 Å². The molecule has 0 bridgehead atoms. The van der Waals surface area contributed by atoms with Crippen molar-refractivity contribution < 1.29 is 19.1 Å². The smallest absolute Gasteiger partial charge is 0.371 e. The lowest BCUT2D eigenvalue weighted by Gasteiger charge is -2.16. The second kappa shape index (κ2) is 7.11. The number of hydrogen-bond acceptors (Lipinski definition) is 4. The second-order valence-electron chi connectivity index (χ2n) is 6.48. The molecule has 0 radical (unpaired) electrons. The van der Waals surface area contributed by atoms with E-state index in [0.717, 1.165) is 28.2 Å². The van der Waals surface area contributed by atoms with E-state index in [4.69, 9.17) is 9.52 Å². The van der Waals surface area contributed by atoms with Gasteiger partial charge in [0.05, 0.1) is 11.4 Å². The summed E-state index contributed by atoms with van der Waals surface area (Å²) >= 11 is 0. The number of furan rings is 1. The number of aromatic nitrogens is 2. The van der Waals surface area contributed by atoms with E-state index in [1.54, 1.807) is 7.05 Å². The minimum atomic E-state index is -1.21. The van der Waals surface area contributed by atoms with Crippen LogP contribution in [0.3, 0.4) is 0 Å². The van der Waals surface area contributed by atoms with Crippen molar-refractivity contribution in [2.75, 3.05) is 7.05 Å². The molecule has 0 fully saturated rings. The Labute approximate surface area is 156 Å². The van der Waals surface area contributed by atoms with Crippen LogP contribution in [0.1, 0.15) is 43.6 Å². The van der Waals surface area contributed by atoms with E-state index in [1.807, 2.05) is 49.7 Å². The molecule has 0 aliphatic rings. The molecule has 0 saturated heterocycles. The van der Waals surface area contributed by atoms with Gasteiger partial charge in [0.1, 0.15) is 0 Å². The third kappa shape index (κ3) is 3.48. The second-order valence-corrected chi connectivity index (χ2v) is 6.48. The van der Waals surface area contributed by atoms with Gasteiger partial charge in [-0.1, -0.05) is 18.2 Å². The zero-order chi connectivity index (χ0) is 19.7. The highest BCUT2D eigenvalue weighted by Crippen LogP contribution is 2.22. The molecule has 3 aromatic rings. The fraction of sp³-hybridized carbons (Fsp3) is 0.250. The maximum Gasteiger partial charge on any atom is 0.371 e. The van der Waals surface area contributed by atoms with Gasteiger partial charge in [-0.2, -0.15) is 5.10 Å². The molecular formula is C20H21N3O4. The van der Waals surface area contributed by atoms with Crippen molar-refractivity contribution in [2.24, 2.45) is 0 Å². The lowest BCUT2D eigenvalue weighted by atomic mass is 10.1. The van der Waals surface area contributed by atoms with Crippen molar-refractivity contribution in [3.63, 3.8) is 0 Å². The molecule has 140 valence electrons.